The number of benzene rings is 2. The van der Waals surface area contributed by atoms with E-state index in [1.54, 1.807) is 25.4 Å². The first-order valence-corrected chi connectivity index (χ1v) is 10.3. The Morgan fingerprint density at radius 2 is 1.83 bits per heavy atom. The molecule has 6 heteroatoms. The van der Waals surface area contributed by atoms with E-state index in [0.717, 1.165) is 36.9 Å². The normalized spacial score (nSPS) is 15.3. The number of piperidine rings is 1. The van der Waals surface area contributed by atoms with Gasteiger partial charge in [-0.2, -0.15) is 0 Å². The van der Waals surface area contributed by atoms with Gasteiger partial charge in [0.2, 0.25) is 0 Å². The Labute approximate surface area is 176 Å². The van der Waals surface area contributed by atoms with Crippen molar-refractivity contribution in [2.75, 3.05) is 33.9 Å². The van der Waals surface area contributed by atoms with Crippen LogP contribution < -0.4 is 14.2 Å². The molecule has 0 aliphatic carbocycles. The van der Waals surface area contributed by atoms with Crippen LogP contribution in [-0.4, -0.2) is 43.7 Å². The van der Waals surface area contributed by atoms with E-state index in [1.807, 2.05) is 25.1 Å². The summed E-state index contributed by atoms with van der Waals surface area (Å²) in [6, 6.07) is 10.3. The zero-order valence-electron chi connectivity index (χ0n) is 17.7. The van der Waals surface area contributed by atoms with Gasteiger partial charge in [0, 0.05) is 17.6 Å². The number of hydrogen-bond acceptors (Lipinski definition) is 5. The lowest BCUT2D eigenvalue weighted by Gasteiger charge is -2.28. The largest absolute Gasteiger partial charge is 0.493 e. The topological polar surface area (TPSA) is 43.8 Å². The highest BCUT2D eigenvalue weighted by atomic mass is 19.1. The summed E-state index contributed by atoms with van der Waals surface area (Å²) in [4.78, 5) is 6.79. The minimum Gasteiger partial charge on any atom is -0.493 e. The number of aryl methyl sites for hydroxylation is 1. The number of hydrogen-bond donors (Lipinski definition) is 0. The van der Waals surface area contributed by atoms with Crippen LogP contribution in [0.5, 0.6) is 23.0 Å². The van der Waals surface area contributed by atoms with Gasteiger partial charge in [0.15, 0.2) is 23.1 Å². The summed E-state index contributed by atoms with van der Waals surface area (Å²) in [5.74, 6) is 2.10. The summed E-state index contributed by atoms with van der Waals surface area (Å²) < 4.78 is 31.8. The number of nitrogens with zero attached hydrogens (tertiary/aromatic N) is 2. The molecule has 0 spiro atoms. The molecule has 2 aromatic carbocycles. The summed E-state index contributed by atoms with van der Waals surface area (Å²) in [7, 11) is 3.76. The van der Waals surface area contributed by atoms with Crippen molar-refractivity contribution in [1.29, 1.82) is 0 Å². The Hall–Kier alpha value is -2.86. The minimum atomic E-state index is -0.398. The first-order valence-electron chi connectivity index (χ1n) is 10.3. The van der Waals surface area contributed by atoms with Gasteiger partial charge >= 0.3 is 0 Å². The first-order chi connectivity index (χ1) is 14.5. The summed E-state index contributed by atoms with van der Waals surface area (Å²) in [5, 5.41) is 0.737. The molecule has 158 valence electrons. The van der Waals surface area contributed by atoms with E-state index in [-0.39, 0.29) is 5.75 Å². The highest BCUT2D eigenvalue weighted by molar-refractivity contribution is 5.88. The Balaban J connectivity index is 1.58. The lowest BCUT2D eigenvalue weighted by Crippen LogP contribution is -2.32. The summed E-state index contributed by atoms with van der Waals surface area (Å²) in [5.41, 5.74) is 1.55. The standard InChI is InChI=1S/C24H27FN2O3/c1-16-4-5-22(19(25)12-16)30-21-6-9-26-20-14-24(23(28-3)13-18(20)21)29-15-17-7-10-27(2)11-8-17/h4-6,9,12-14,17H,7-8,10-11,15H2,1-3H3. The van der Waals surface area contributed by atoms with Crippen LogP contribution in [0.3, 0.4) is 0 Å². The minimum absolute atomic E-state index is 0.176. The highest BCUT2D eigenvalue weighted by Crippen LogP contribution is 2.38. The van der Waals surface area contributed by atoms with Crippen molar-refractivity contribution in [1.82, 2.24) is 9.88 Å². The fourth-order valence-electron chi connectivity index (χ4n) is 3.73. The van der Waals surface area contributed by atoms with Crippen LogP contribution in [0.25, 0.3) is 10.9 Å². The lowest BCUT2D eigenvalue weighted by molar-refractivity contribution is 0.157. The smallest absolute Gasteiger partial charge is 0.165 e. The van der Waals surface area contributed by atoms with Crippen molar-refractivity contribution in [3.05, 3.63) is 54.0 Å². The van der Waals surface area contributed by atoms with Gasteiger partial charge in [-0.15, -0.1) is 0 Å². The second-order valence-electron chi connectivity index (χ2n) is 7.92. The van der Waals surface area contributed by atoms with Crippen molar-refractivity contribution < 1.29 is 18.6 Å². The van der Waals surface area contributed by atoms with Crippen LogP contribution in [0, 0.1) is 18.7 Å². The molecular formula is C24H27FN2O3. The van der Waals surface area contributed by atoms with Gasteiger partial charge < -0.3 is 19.1 Å². The summed E-state index contributed by atoms with van der Waals surface area (Å²) in [6.07, 6.45) is 3.91. The zero-order valence-corrected chi connectivity index (χ0v) is 17.7. The third kappa shape index (κ3) is 4.49. The van der Waals surface area contributed by atoms with Crippen LogP contribution in [-0.2, 0) is 0 Å². The number of pyridine rings is 1. The molecule has 0 radical (unpaired) electrons. The molecule has 3 aromatic rings. The molecule has 2 heterocycles. The fraction of sp³-hybridized carbons (Fsp3) is 0.375. The number of fused-ring (bicyclic) bond motifs is 1. The molecule has 30 heavy (non-hydrogen) atoms. The third-order valence-electron chi connectivity index (χ3n) is 5.61. The molecule has 0 unspecified atom stereocenters. The van der Waals surface area contributed by atoms with E-state index in [4.69, 9.17) is 14.2 Å². The van der Waals surface area contributed by atoms with Crippen LogP contribution in [0.4, 0.5) is 4.39 Å². The van der Waals surface area contributed by atoms with Gasteiger partial charge in [-0.3, -0.25) is 4.98 Å². The molecule has 4 rings (SSSR count). The van der Waals surface area contributed by atoms with Crippen molar-refractivity contribution in [2.45, 2.75) is 19.8 Å². The average Bonchev–Trinajstić information content (AvgIpc) is 2.75. The average molecular weight is 410 g/mol. The molecular weight excluding hydrogens is 383 g/mol. The van der Waals surface area contributed by atoms with Gasteiger partial charge in [-0.25, -0.2) is 4.39 Å². The van der Waals surface area contributed by atoms with E-state index >= 15 is 0 Å². The van der Waals surface area contributed by atoms with Crippen LogP contribution in [0.1, 0.15) is 18.4 Å². The quantitative estimate of drug-likeness (QED) is 0.559. The predicted octanol–water partition coefficient (Wildman–Crippen LogP) is 5.20. The molecule has 1 aliphatic rings. The van der Waals surface area contributed by atoms with Crippen LogP contribution in [0.2, 0.25) is 0 Å². The molecule has 0 bridgehead atoms. The van der Waals surface area contributed by atoms with Gasteiger partial charge in [0.05, 0.1) is 19.2 Å². The molecule has 1 aliphatic heterocycles. The maximum Gasteiger partial charge on any atom is 0.165 e. The predicted molar refractivity (Wildman–Crippen MR) is 115 cm³/mol. The third-order valence-corrected chi connectivity index (χ3v) is 5.61. The monoisotopic (exact) mass is 410 g/mol. The first kappa shape index (κ1) is 20.4. The van der Waals surface area contributed by atoms with E-state index in [1.165, 1.54) is 6.07 Å². The molecule has 0 atom stereocenters. The van der Waals surface area contributed by atoms with Gasteiger partial charge in [0.1, 0.15) is 5.75 Å². The lowest BCUT2D eigenvalue weighted by atomic mass is 9.98. The van der Waals surface area contributed by atoms with Crippen molar-refractivity contribution in [3.8, 4) is 23.0 Å². The van der Waals surface area contributed by atoms with Crippen LogP contribution >= 0.6 is 0 Å². The van der Waals surface area contributed by atoms with Crippen molar-refractivity contribution in [2.24, 2.45) is 5.92 Å². The number of likely N-dealkylation sites (tertiary alicyclic amines) is 1. The summed E-state index contributed by atoms with van der Waals surface area (Å²) in [6.45, 7) is 4.69. The van der Waals surface area contributed by atoms with Crippen molar-refractivity contribution >= 4 is 10.9 Å². The number of rotatable bonds is 6. The molecule has 0 N–H and O–H groups in total. The Morgan fingerprint density at radius 3 is 2.57 bits per heavy atom. The molecule has 1 fully saturated rings. The number of aromatic nitrogens is 1. The van der Waals surface area contributed by atoms with Gasteiger partial charge in [-0.1, -0.05) is 6.07 Å². The van der Waals surface area contributed by atoms with E-state index in [2.05, 4.69) is 16.9 Å². The fourth-order valence-corrected chi connectivity index (χ4v) is 3.73. The Bertz CT molecular complexity index is 1030. The number of methoxy groups -OCH3 is 1. The van der Waals surface area contributed by atoms with Crippen LogP contribution in [0.15, 0.2) is 42.6 Å². The Morgan fingerprint density at radius 1 is 1.03 bits per heavy atom. The highest BCUT2D eigenvalue weighted by Gasteiger charge is 2.19. The van der Waals surface area contributed by atoms with E-state index in [0.29, 0.717) is 35.3 Å². The molecule has 1 saturated heterocycles. The summed E-state index contributed by atoms with van der Waals surface area (Å²) >= 11 is 0. The second kappa shape index (κ2) is 8.88. The van der Waals surface area contributed by atoms with Gasteiger partial charge in [0.25, 0.3) is 0 Å². The Kier molecular flexibility index (Phi) is 6.04. The van der Waals surface area contributed by atoms with Crippen molar-refractivity contribution in [3.63, 3.8) is 0 Å². The SMILES string of the molecule is COc1cc2c(Oc3ccc(C)cc3F)ccnc2cc1OCC1CCN(C)CC1. The van der Waals surface area contributed by atoms with E-state index in [9.17, 15) is 4.39 Å². The molecule has 0 amide bonds. The molecule has 0 saturated carbocycles. The van der Waals surface area contributed by atoms with E-state index < -0.39 is 5.82 Å². The zero-order chi connectivity index (χ0) is 21.1. The maximum atomic E-state index is 14.3. The molecule has 1 aromatic heterocycles. The number of ether oxygens (including phenoxy) is 3. The number of halogens is 1. The molecule has 5 nitrogen and oxygen atoms in total. The maximum absolute atomic E-state index is 14.3. The van der Waals surface area contributed by atoms with Gasteiger partial charge in [-0.05, 0) is 75.6 Å². The second-order valence-corrected chi connectivity index (χ2v) is 7.92.